The lowest BCUT2D eigenvalue weighted by Gasteiger charge is -2.22. The molecule has 0 aromatic heterocycles. The molecular formula is C14H12O4Si. The first-order chi connectivity index (χ1) is 9.10. The van der Waals surface area contributed by atoms with E-state index >= 15 is 0 Å². The Morgan fingerprint density at radius 2 is 1.00 bits per heavy atom. The van der Waals surface area contributed by atoms with Crippen LogP contribution in [0.4, 0.5) is 9.59 Å². The molecule has 0 aliphatic rings. The molecular weight excluding hydrogens is 260 g/mol. The topological polar surface area (TPSA) is 74.6 Å². The zero-order valence-electron chi connectivity index (χ0n) is 9.98. The first kappa shape index (κ1) is 13.0. The van der Waals surface area contributed by atoms with Gasteiger partial charge in [-0.05, 0) is 10.4 Å². The summed E-state index contributed by atoms with van der Waals surface area (Å²) in [6.07, 6.45) is 0. The van der Waals surface area contributed by atoms with Crippen molar-refractivity contribution in [3.63, 3.8) is 0 Å². The monoisotopic (exact) mass is 272 g/mol. The maximum Gasteiger partial charge on any atom is 0.370 e. The van der Waals surface area contributed by atoms with Crippen LogP contribution in [0.15, 0.2) is 60.7 Å². The van der Waals surface area contributed by atoms with Crippen LogP contribution in [-0.2, 0) is 0 Å². The highest BCUT2D eigenvalue weighted by Gasteiger charge is 2.54. The molecule has 0 spiro atoms. The Bertz CT molecular complexity index is 540. The molecule has 4 nitrogen and oxygen atoms in total. The summed E-state index contributed by atoms with van der Waals surface area (Å²) in [7, 11) is -3.87. The third-order valence-corrected chi connectivity index (χ3v) is 6.74. The lowest BCUT2D eigenvalue weighted by Crippen LogP contribution is -2.69. The molecule has 2 aromatic carbocycles. The lowest BCUT2D eigenvalue weighted by molar-refractivity contribution is 0.210. The molecule has 0 radical (unpaired) electrons. The van der Waals surface area contributed by atoms with Gasteiger partial charge >= 0.3 is 8.07 Å². The standard InChI is InChI=1S/C14H12O4Si/c15-13(16)19(14(17)18,11-7-3-1-4-8-11)12-9-5-2-6-10-12/h1-10H,(H,15,16)(H,17,18). The van der Waals surface area contributed by atoms with E-state index in [1.807, 2.05) is 0 Å². The molecule has 0 saturated carbocycles. The molecule has 2 aromatic rings. The average Bonchev–Trinajstić information content (AvgIpc) is 2.41. The number of hydrogen-bond donors (Lipinski definition) is 2. The van der Waals surface area contributed by atoms with Crippen molar-refractivity contribution in [1.29, 1.82) is 0 Å². The van der Waals surface area contributed by atoms with Gasteiger partial charge in [0.05, 0.1) is 0 Å². The minimum absolute atomic E-state index is 0.362. The largest absolute Gasteiger partial charge is 0.485 e. The molecule has 0 aliphatic carbocycles. The second-order valence-corrected chi connectivity index (χ2v) is 7.60. The second-order valence-electron chi connectivity index (χ2n) is 4.09. The molecule has 0 amide bonds. The van der Waals surface area contributed by atoms with Gasteiger partial charge in [0, 0.05) is 0 Å². The van der Waals surface area contributed by atoms with E-state index in [-0.39, 0.29) is 0 Å². The van der Waals surface area contributed by atoms with Crippen LogP contribution in [0.1, 0.15) is 0 Å². The van der Waals surface area contributed by atoms with Crippen LogP contribution >= 0.6 is 0 Å². The van der Waals surface area contributed by atoms with E-state index in [0.717, 1.165) is 0 Å². The van der Waals surface area contributed by atoms with Crippen LogP contribution in [0.25, 0.3) is 0 Å². The summed E-state index contributed by atoms with van der Waals surface area (Å²) >= 11 is 0. The molecule has 2 rings (SSSR count). The SMILES string of the molecule is O=C(O)[Si](C(=O)O)(c1ccccc1)c1ccccc1. The van der Waals surface area contributed by atoms with Crippen LogP contribution in [0.3, 0.4) is 0 Å². The molecule has 0 saturated heterocycles. The van der Waals surface area contributed by atoms with Crippen LogP contribution in [0.5, 0.6) is 0 Å². The predicted molar refractivity (Wildman–Crippen MR) is 74.0 cm³/mol. The van der Waals surface area contributed by atoms with E-state index in [1.165, 1.54) is 0 Å². The Kier molecular flexibility index (Phi) is 3.48. The van der Waals surface area contributed by atoms with Gasteiger partial charge in [0.1, 0.15) is 0 Å². The lowest BCUT2D eigenvalue weighted by atomic mass is 10.4. The Balaban J connectivity index is 2.77. The van der Waals surface area contributed by atoms with Crippen molar-refractivity contribution in [3.05, 3.63) is 60.7 Å². The van der Waals surface area contributed by atoms with Crippen molar-refractivity contribution in [2.24, 2.45) is 0 Å². The Labute approximate surface area is 111 Å². The second kappa shape index (κ2) is 5.07. The molecule has 0 bridgehead atoms. The molecule has 5 heteroatoms. The number of rotatable bonds is 4. The highest BCUT2D eigenvalue weighted by Crippen LogP contribution is 2.09. The van der Waals surface area contributed by atoms with Gasteiger partial charge in [0.25, 0.3) is 11.2 Å². The van der Waals surface area contributed by atoms with Crippen molar-refractivity contribution in [2.45, 2.75) is 0 Å². The van der Waals surface area contributed by atoms with Gasteiger partial charge in [-0.2, -0.15) is 0 Å². The van der Waals surface area contributed by atoms with E-state index in [0.29, 0.717) is 10.4 Å². The van der Waals surface area contributed by atoms with E-state index in [4.69, 9.17) is 0 Å². The third-order valence-electron chi connectivity index (χ3n) is 3.06. The fourth-order valence-corrected chi connectivity index (χ4v) is 5.02. The average molecular weight is 272 g/mol. The number of carbonyl (C=O) groups is 2. The van der Waals surface area contributed by atoms with E-state index in [2.05, 4.69) is 0 Å². The van der Waals surface area contributed by atoms with Crippen LogP contribution < -0.4 is 10.4 Å². The summed E-state index contributed by atoms with van der Waals surface area (Å²) in [6.45, 7) is 0. The first-order valence-corrected chi connectivity index (χ1v) is 7.68. The fourth-order valence-electron chi connectivity index (χ4n) is 2.13. The van der Waals surface area contributed by atoms with Crippen molar-refractivity contribution in [2.75, 3.05) is 0 Å². The Morgan fingerprint density at radius 1 is 0.684 bits per heavy atom. The molecule has 2 N–H and O–H groups in total. The summed E-state index contributed by atoms with van der Waals surface area (Å²) in [6, 6.07) is 16.4. The van der Waals surface area contributed by atoms with Crippen molar-refractivity contribution >= 4 is 29.6 Å². The van der Waals surface area contributed by atoms with Crippen LogP contribution in [0.2, 0.25) is 0 Å². The summed E-state index contributed by atoms with van der Waals surface area (Å²) in [5.41, 5.74) is -2.53. The number of hydrogen-bond acceptors (Lipinski definition) is 2. The van der Waals surface area contributed by atoms with Gasteiger partial charge in [-0.1, -0.05) is 60.7 Å². The highest BCUT2D eigenvalue weighted by atomic mass is 28.3. The summed E-state index contributed by atoms with van der Waals surface area (Å²) in [5, 5.41) is 19.9. The third kappa shape index (κ3) is 2.04. The smallest absolute Gasteiger partial charge is 0.370 e. The molecule has 0 atom stereocenters. The Hall–Kier alpha value is -2.40. The highest BCUT2D eigenvalue weighted by molar-refractivity contribution is 7.37. The molecule has 0 fully saturated rings. The van der Waals surface area contributed by atoms with Gasteiger partial charge in [0.15, 0.2) is 0 Å². The van der Waals surface area contributed by atoms with Crippen LogP contribution in [-0.4, -0.2) is 29.5 Å². The van der Waals surface area contributed by atoms with E-state index < -0.39 is 19.3 Å². The number of carboxylic acid groups (broad SMARTS) is 2. The number of benzene rings is 2. The maximum absolute atomic E-state index is 11.7. The molecule has 0 aliphatic heterocycles. The predicted octanol–water partition coefficient (Wildman–Crippen LogP) is 1.77. The van der Waals surface area contributed by atoms with Gasteiger partial charge in [0.2, 0.25) is 0 Å². The molecule has 0 unspecified atom stereocenters. The molecule has 96 valence electrons. The zero-order chi connectivity index (χ0) is 13.9. The minimum Gasteiger partial charge on any atom is -0.485 e. The minimum atomic E-state index is -3.87. The van der Waals surface area contributed by atoms with E-state index in [9.17, 15) is 19.8 Å². The Morgan fingerprint density at radius 3 is 1.26 bits per heavy atom. The maximum atomic E-state index is 11.7. The van der Waals surface area contributed by atoms with Gasteiger partial charge in [-0.3, -0.25) is 9.59 Å². The summed E-state index contributed by atoms with van der Waals surface area (Å²) in [5.74, 6) is 0. The quantitative estimate of drug-likeness (QED) is 0.832. The summed E-state index contributed by atoms with van der Waals surface area (Å²) in [4.78, 5) is 23.5. The van der Waals surface area contributed by atoms with Crippen molar-refractivity contribution in [1.82, 2.24) is 0 Å². The zero-order valence-corrected chi connectivity index (χ0v) is 11.0. The first-order valence-electron chi connectivity index (χ1n) is 5.68. The summed E-state index contributed by atoms with van der Waals surface area (Å²) < 4.78 is 0. The fraction of sp³-hybridized carbons (Fsp3) is 0. The molecule has 19 heavy (non-hydrogen) atoms. The van der Waals surface area contributed by atoms with E-state index in [1.54, 1.807) is 60.7 Å². The molecule has 0 heterocycles. The van der Waals surface area contributed by atoms with Gasteiger partial charge < -0.3 is 10.2 Å². The normalized spacial score (nSPS) is 10.9. The van der Waals surface area contributed by atoms with Gasteiger partial charge in [-0.15, -0.1) is 0 Å². The van der Waals surface area contributed by atoms with Gasteiger partial charge in [-0.25, -0.2) is 0 Å². The van der Waals surface area contributed by atoms with Crippen molar-refractivity contribution < 1.29 is 19.8 Å². The van der Waals surface area contributed by atoms with Crippen molar-refractivity contribution in [3.8, 4) is 0 Å². The van der Waals surface area contributed by atoms with Crippen LogP contribution in [0, 0.1) is 0 Å².